The van der Waals surface area contributed by atoms with Gasteiger partial charge < -0.3 is 4.90 Å². The van der Waals surface area contributed by atoms with Gasteiger partial charge in [-0.2, -0.15) is 11.8 Å². The van der Waals surface area contributed by atoms with E-state index >= 15 is 0 Å². The average molecular weight is 337 g/mol. The molecule has 1 N–H and O–H groups in total. The SMILES string of the molecule is CC1(C)CN(CCc2cn(C3CCC(=O)NC3=O)nn2)CCS1. The van der Waals surface area contributed by atoms with Crippen LogP contribution in [0.15, 0.2) is 6.20 Å². The summed E-state index contributed by atoms with van der Waals surface area (Å²) in [5.41, 5.74) is 0.894. The Labute approximate surface area is 140 Å². The Morgan fingerprint density at radius 2 is 2.26 bits per heavy atom. The van der Waals surface area contributed by atoms with Gasteiger partial charge in [0, 0.05) is 49.2 Å². The summed E-state index contributed by atoms with van der Waals surface area (Å²) < 4.78 is 1.90. The van der Waals surface area contributed by atoms with Crippen molar-refractivity contribution in [2.75, 3.05) is 25.4 Å². The highest BCUT2D eigenvalue weighted by Crippen LogP contribution is 2.29. The van der Waals surface area contributed by atoms with E-state index in [0.717, 1.165) is 37.5 Å². The fraction of sp³-hybridized carbons (Fsp3) is 0.733. The second-order valence-electron chi connectivity index (χ2n) is 6.79. The maximum absolute atomic E-state index is 11.9. The third-order valence-electron chi connectivity index (χ3n) is 4.28. The van der Waals surface area contributed by atoms with Crippen molar-refractivity contribution in [2.24, 2.45) is 0 Å². The van der Waals surface area contributed by atoms with Crippen LogP contribution in [0.25, 0.3) is 0 Å². The van der Waals surface area contributed by atoms with Crippen molar-refractivity contribution in [3.8, 4) is 0 Å². The van der Waals surface area contributed by atoms with E-state index in [1.165, 1.54) is 0 Å². The summed E-state index contributed by atoms with van der Waals surface area (Å²) in [6.45, 7) is 7.71. The van der Waals surface area contributed by atoms with Crippen LogP contribution in [-0.2, 0) is 16.0 Å². The monoisotopic (exact) mass is 337 g/mol. The molecule has 1 aromatic rings. The first-order chi connectivity index (χ1) is 10.9. The third-order valence-corrected chi connectivity index (χ3v) is 5.57. The summed E-state index contributed by atoms with van der Waals surface area (Å²) in [7, 11) is 0. The number of piperidine rings is 1. The quantitative estimate of drug-likeness (QED) is 0.812. The molecule has 2 aliphatic rings. The van der Waals surface area contributed by atoms with Gasteiger partial charge >= 0.3 is 0 Å². The molecule has 2 aliphatic heterocycles. The van der Waals surface area contributed by atoms with Gasteiger partial charge in [-0.1, -0.05) is 5.21 Å². The van der Waals surface area contributed by atoms with Gasteiger partial charge in [-0.05, 0) is 20.3 Å². The molecule has 1 atom stereocenters. The Morgan fingerprint density at radius 3 is 3.00 bits per heavy atom. The number of rotatable bonds is 4. The van der Waals surface area contributed by atoms with Crippen LogP contribution in [0.2, 0.25) is 0 Å². The van der Waals surface area contributed by atoms with Crippen molar-refractivity contribution < 1.29 is 9.59 Å². The second kappa shape index (κ2) is 6.60. The van der Waals surface area contributed by atoms with Crippen molar-refractivity contribution in [1.29, 1.82) is 0 Å². The number of amides is 2. The van der Waals surface area contributed by atoms with E-state index in [1.807, 2.05) is 18.0 Å². The molecular weight excluding hydrogens is 314 g/mol. The highest BCUT2D eigenvalue weighted by molar-refractivity contribution is 8.00. The lowest BCUT2D eigenvalue weighted by Crippen LogP contribution is -2.43. The highest BCUT2D eigenvalue weighted by Gasteiger charge is 2.29. The molecule has 1 aromatic heterocycles. The molecule has 0 aliphatic carbocycles. The standard InChI is InChI=1S/C15H23N5O2S/c1-15(2)10-19(7-8-23-15)6-5-11-9-20(18-17-11)12-3-4-13(21)16-14(12)22/h9,12H,3-8,10H2,1-2H3,(H,16,21,22). The van der Waals surface area contributed by atoms with Gasteiger partial charge in [0.25, 0.3) is 5.91 Å². The molecule has 3 rings (SSSR count). The molecule has 126 valence electrons. The molecule has 0 spiro atoms. The van der Waals surface area contributed by atoms with Crippen molar-refractivity contribution >= 4 is 23.6 Å². The van der Waals surface area contributed by atoms with Gasteiger partial charge in [-0.3, -0.25) is 14.9 Å². The number of aromatic nitrogens is 3. The zero-order valence-corrected chi connectivity index (χ0v) is 14.4. The molecule has 23 heavy (non-hydrogen) atoms. The van der Waals surface area contributed by atoms with Crippen LogP contribution in [-0.4, -0.2) is 61.8 Å². The van der Waals surface area contributed by atoms with E-state index in [4.69, 9.17) is 0 Å². The van der Waals surface area contributed by atoms with E-state index in [9.17, 15) is 9.59 Å². The van der Waals surface area contributed by atoms with Gasteiger partial charge in [0.1, 0.15) is 6.04 Å². The Balaban J connectivity index is 1.55. The van der Waals surface area contributed by atoms with E-state index in [0.29, 0.717) is 17.6 Å². The lowest BCUT2D eigenvalue weighted by molar-refractivity contribution is -0.136. The number of nitrogens with one attached hydrogen (secondary N) is 1. The fourth-order valence-corrected chi connectivity index (χ4v) is 4.27. The number of hydrogen-bond acceptors (Lipinski definition) is 6. The van der Waals surface area contributed by atoms with Crippen LogP contribution >= 0.6 is 11.8 Å². The number of hydrogen-bond donors (Lipinski definition) is 1. The third kappa shape index (κ3) is 4.11. The molecule has 7 nitrogen and oxygen atoms in total. The molecule has 2 saturated heterocycles. The van der Waals surface area contributed by atoms with Crippen molar-refractivity contribution in [3.63, 3.8) is 0 Å². The number of nitrogens with zero attached hydrogens (tertiary/aromatic N) is 4. The molecular formula is C15H23N5O2S. The van der Waals surface area contributed by atoms with E-state index < -0.39 is 6.04 Å². The van der Waals surface area contributed by atoms with Gasteiger partial charge in [0.15, 0.2) is 0 Å². The highest BCUT2D eigenvalue weighted by atomic mass is 32.2. The number of carbonyl (C=O) groups is 2. The minimum absolute atomic E-state index is 0.211. The van der Waals surface area contributed by atoms with Crippen molar-refractivity contribution in [3.05, 3.63) is 11.9 Å². The van der Waals surface area contributed by atoms with E-state index in [-0.39, 0.29) is 11.8 Å². The smallest absolute Gasteiger partial charge is 0.251 e. The summed E-state index contributed by atoms with van der Waals surface area (Å²) >= 11 is 2.02. The van der Waals surface area contributed by atoms with Gasteiger partial charge in [-0.25, -0.2) is 4.68 Å². The zero-order chi connectivity index (χ0) is 16.4. The number of thioether (sulfide) groups is 1. The summed E-state index contributed by atoms with van der Waals surface area (Å²) in [5.74, 6) is 0.667. The van der Waals surface area contributed by atoms with Crippen LogP contribution in [0.1, 0.15) is 38.4 Å². The molecule has 0 radical (unpaired) electrons. The molecule has 2 fully saturated rings. The van der Waals surface area contributed by atoms with Crippen LogP contribution < -0.4 is 5.32 Å². The first-order valence-corrected chi connectivity index (χ1v) is 9.02. The summed E-state index contributed by atoms with van der Waals surface area (Å²) in [4.78, 5) is 25.5. The summed E-state index contributed by atoms with van der Waals surface area (Å²) in [6, 6.07) is -0.417. The van der Waals surface area contributed by atoms with Gasteiger partial charge in [0.2, 0.25) is 5.91 Å². The fourth-order valence-electron chi connectivity index (χ4n) is 3.09. The molecule has 2 amide bonds. The molecule has 0 saturated carbocycles. The Morgan fingerprint density at radius 1 is 1.43 bits per heavy atom. The van der Waals surface area contributed by atoms with Crippen molar-refractivity contribution in [2.45, 2.75) is 43.9 Å². The Hall–Kier alpha value is -1.41. The Kier molecular flexibility index (Phi) is 4.72. The van der Waals surface area contributed by atoms with E-state index in [1.54, 1.807) is 4.68 Å². The molecule has 0 bridgehead atoms. The number of carbonyl (C=O) groups excluding carboxylic acids is 2. The molecule has 1 unspecified atom stereocenters. The predicted molar refractivity (Wildman–Crippen MR) is 88.1 cm³/mol. The lowest BCUT2D eigenvalue weighted by Gasteiger charge is -2.37. The first kappa shape index (κ1) is 16.4. The van der Waals surface area contributed by atoms with Crippen LogP contribution in [0.5, 0.6) is 0 Å². The molecule has 0 aromatic carbocycles. The normalized spacial score (nSPS) is 25.4. The first-order valence-electron chi connectivity index (χ1n) is 8.04. The summed E-state index contributed by atoms with van der Waals surface area (Å²) in [6.07, 6.45) is 3.51. The lowest BCUT2D eigenvalue weighted by atomic mass is 10.1. The maximum Gasteiger partial charge on any atom is 0.251 e. The van der Waals surface area contributed by atoms with Gasteiger partial charge in [0.05, 0.1) is 5.69 Å². The van der Waals surface area contributed by atoms with Crippen molar-refractivity contribution in [1.82, 2.24) is 25.2 Å². The second-order valence-corrected chi connectivity index (χ2v) is 8.59. The van der Waals surface area contributed by atoms with Gasteiger partial charge in [-0.15, -0.1) is 5.10 Å². The number of imide groups is 1. The minimum atomic E-state index is -0.417. The largest absolute Gasteiger partial charge is 0.301 e. The molecule has 3 heterocycles. The van der Waals surface area contributed by atoms with Crippen LogP contribution in [0.3, 0.4) is 0 Å². The summed E-state index contributed by atoms with van der Waals surface area (Å²) in [5, 5.41) is 10.6. The maximum atomic E-state index is 11.9. The predicted octanol–water partition coefficient (Wildman–Crippen LogP) is 0.626. The Bertz CT molecular complexity index is 600. The van der Waals surface area contributed by atoms with Crippen LogP contribution in [0.4, 0.5) is 0 Å². The topological polar surface area (TPSA) is 80.1 Å². The van der Waals surface area contributed by atoms with E-state index in [2.05, 4.69) is 34.4 Å². The molecule has 8 heteroatoms. The zero-order valence-electron chi connectivity index (χ0n) is 13.6. The minimum Gasteiger partial charge on any atom is -0.301 e. The average Bonchev–Trinajstić information content (AvgIpc) is 2.93. The van der Waals surface area contributed by atoms with Crippen LogP contribution in [0, 0.1) is 0 Å².